The first-order valence-corrected chi connectivity index (χ1v) is 9.03. The van der Waals surface area contributed by atoms with E-state index in [-0.39, 0.29) is 5.91 Å². The summed E-state index contributed by atoms with van der Waals surface area (Å²) in [5.74, 6) is 0.838. The molecule has 4 rings (SSSR count). The Morgan fingerprint density at radius 1 is 1.08 bits per heavy atom. The first-order valence-electron chi connectivity index (χ1n) is 8.66. The lowest BCUT2D eigenvalue weighted by molar-refractivity contribution is -0.0833. The average Bonchev–Trinajstić information content (AvgIpc) is 3.05. The fourth-order valence-corrected chi connectivity index (χ4v) is 3.37. The molecule has 1 aliphatic heterocycles. The van der Waals surface area contributed by atoms with Crippen molar-refractivity contribution in [3.8, 4) is 5.75 Å². The molecule has 1 aliphatic rings. The van der Waals surface area contributed by atoms with Gasteiger partial charge in [-0.3, -0.25) is 4.79 Å². The van der Waals surface area contributed by atoms with Crippen LogP contribution in [0.25, 0.3) is 10.9 Å². The van der Waals surface area contributed by atoms with Crippen LogP contribution in [0, 0.1) is 6.92 Å². The van der Waals surface area contributed by atoms with E-state index in [1.165, 1.54) is 0 Å². The zero-order valence-electron chi connectivity index (χ0n) is 14.5. The lowest BCUT2D eigenvalue weighted by atomic mass is 10.2. The fourth-order valence-electron chi connectivity index (χ4n) is 3.19. The van der Waals surface area contributed by atoms with Gasteiger partial charge in [-0.2, -0.15) is 0 Å². The Balaban J connectivity index is 1.39. The molecular formula is C20H20ClN3O2. The molecule has 1 N–H and O–H groups in total. The second-order valence-electron chi connectivity index (χ2n) is 6.54. The summed E-state index contributed by atoms with van der Waals surface area (Å²) in [6.45, 7) is 4.63. The number of hydrogen-bond donors (Lipinski definition) is 1. The van der Waals surface area contributed by atoms with Crippen molar-refractivity contribution in [3.63, 3.8) is 0 Å². The predicted molar refractivity (Wildman–Crippen MR) is 103 cm³/mol. The van der Waals surface area contributed by atoms with Gasteiger partial charge >= 0.3 is 0 Å². The molecule has 134 valence electrons. The molecule has 5 nitrogen and oxygen atoms in total. The molecular weight excluding hydrogens is 350 g/mol. The van der Waals surface area contributed by atoms with Gasteiger partial charge in [0, 0.05) is 29.0 Å². The van der Waals surface area contributed by atoms with Crippen LogP contribution < -0.4 is 4.84 Å². The molecule has 2 heterocycles. The van der Waals surface area contributed by atoms with Crippen LogP contribution in [0.15, 0.2) is 48.5 Å². The summed E-state index contributed by atoms with van der Waals surface area (Å²) >= 11 is 6.02. The highest BCUT2D eigenvalue weighted by Crippen LogP contribution is 2.21. The molecule has 0 aliphatic carbocycles. The Morgan fingerprint density at radius 2 is 1.88 bits per heavy atom. The van der Waals surface area contributed by atoms with E-state index in [0.717, 1.165) is 22.2 Å². The number of rotatable bonds is 3. The van der Waals surface area contributed by atoms with Crippen molar-refractivity contribution in [1.82, 2.24) is 14.9 Å². The maximum atomic E-state index is 12.8. The number of nitrogens with one attached hydrogen (secondary N) is 1. The van der Waals surface area contributed by atoms with E-state index in [1.807, 2.05) is 65.4 Å². The molecule has 6 heteroatoms. The van der Waals surface area contributed by atoms with Crippen molar-refractivity contribution in [2.45, 2.75) is 6.92 Å². The third-order valence-electron chi connectivity index (χ3n) is 4.56. The van der Waals surface area contributed by atoms with Gasteiger partial charge in [0.15, 0.2) is 0 Å². The van der Waals surface area contributed by atoms with Crippen LogP contribution in [0.4, 0.5) is 0 Å². The van der Waals surface area contributed by atoms with Gasteiger partial charge in [-0.25, -0.2) is 0 Å². The van der Waals surface area contributed by atoms with Gasteiger partial charge < -0.3 is 14.7 Å². The van der Waals surface area contributed by atoms with E-state index in [0.29, 0.717) is 36.9 Å². The quantitative estimate of drug-likeness (QED) is 0.762. The highest BCUT2D eigenvalue weighted by molar-refractivity contribution is 6.31. The largest absolute Gasteiger partial charge is 0.406 e. The molecule has 1 fully saturated rings. The second-order valence-corrected chi connectivity index (χ2v) is 6.98. The summed E-state index contributed by atoms with van der Waals surface area (Å²) in [6.07, 6.45) is 0. The summed E-state index contributed by atoms with van der Waals surface area (Å²) in [4.78, 5) is 23.7. The van der Waals surface area contributed by atoms with Crippen LogP contribution >= 0.6 is 11.6 Å². The Kier molecular flexibility index (Phi) is 4.57. The van der Waals surface area contributed by atoms with Crippen LogP contribution in [-0.4, -0.2) is 47.0 Å². The number of fused-ring (bicyclic) bond motifs is 1. The number of carbonyl (C=O) groups is 1. The normalized spacial score (nSPS) is 15.4. The van der Waals surface area contributed by atoms with E-state index >= 15 is 0 Å². The molecule has 1 aromatic heterocycles. The van der Waals surface area contributed by atoms with Crippen molar-refractivity contribution >= 4 is 28.4 Å². The number of H-pyrrole nitrogens is 1. The molecule has 0 bridgehead atoms. The monoisotopic (exact) mass is 369 g/mol. The van der Waals surface area contributed by atoms with Crippen molar-refractivity contribution in [2.75, 3.05) is 26.2 Å². The van der Waals surface area contributed by atoms with Crippen LogP contribution in [0.5, 0.6) is 5.75 Å². The minimum absolute atomic E-state index is 0.00697. The summed E-state index contributed by atoms with van der Waals surface area (Å²) < 4.78 is 0. The van der Waals surface area contributed by atoms with E-state index < -0.39 is 0 Å². The topological polar surface area (TPSA) is 48.6 Å². The van der Waals surface area contributed by atoms with Crippen LogP contribution in [0.2, 0.25) is 5.02 Å². The van der Waals surface area contributed by atoms with Crippen molar-refractivity contribution in [1.29, 1.82) is 0 Å². The lowest BCUT2D eigenvalue weighted by Crippen LogP contribution is -2.49. The van der Waals surface area contributed by atoms with Crippen molar-refractivity contribution in [3.05, 3.63) is 64.8 Å². The molecule has 26 heavy (non-hydrogen) atoms. The van der Waals surface area contributed by atoms with Crippen molar-refractivity contribution < 1.29 is 9.63 Å². The highest BCUT2D eigenvalue weighted by atomic mass is 35.5. The third-order valence-corrected chi connectivity index (χ3v) is 4.80. The Morgan fingerprint density at radius 3 is 2.65 bits per heavy atom. The number of aryl methyl sites for hydroxylation is 1. The van der Waals surface area contributed by atoms with Crippen LogP contribution in [0.3, 0.4) is 0 Å². The van der Waals surface area contributed by atoms with Gasteiger partial charge in [0.25, 0.3) is 5.91 Å². The molecule has 0 saturated carbocycles. The molecule has 3 aromatic rings. The first-order chi connectivity index (χ1) is 12.6. The maximum Gasteiger partial charge on any atom is 0.270 e. The highest BCUT2D eigenvalue weighted by Gasteiger charge is 2.24. The van der Waals surface area contributed by atoms with Crippen LogP contribution in [-0.2, 0) is 0 Å². The standard InChI is InChI=1S/C20H20ClN3O2/c1-14-3-2-4-17(11-14)26-24-9-7-23(8-10-24)20(25)19-13-15-12-16(21)5-6-18(15)22-19/h2-6,11-13,22H,7-10H2,1H3. The van der Waals surface area contributed by atoms with E-state index in [4.69, 9.17) is 16.4 Å². The van der Waals surface area contributed by atoms with Gasteiger partial charge in [0.1, 0.15) is 11.4 Å². The van der Waals surface area contributed by atoms with Gasteiger partial charge in [-0.05, 0) is 48.9 Å². The SMILES string of the molecule is Cc1cccc(ON2CCN(C(=O)c3cc4cc(Cl)ccc4[nH]3)CC2)c1. The van der Waals surface area contributed by atoms with Gasteiger partial charge in [0.2, 0.25) is 0 Å². The molecule has 2 aromatic carbocycles. The number of carbonyl (C=O) groups excluding carboxylic acids is 1. The Labute approximate surface area is 157 Å². The third kappa shape index (κ3) is 3.54. The number of hydrogen-bond acceptors (Lipinski definition) is 3. The predicted octanol–water partition coefficient (Wildman–Crippen LogP) is 3.88. The van der Waals surface area contributed by atoms with E-state index in [9.17, 15) is 4.79 Å². The maximum absolute atomic E-state index is 12.8. The number of aromatic nitrogens is 1. The molecule has 1 saturated heterocycles. The van der Waals surface area contributed by atoms with Gasteiger partial charge in [-0.15, -0.1) is 5.06 Å². The van der Waals surface area contributed by atoms with Gasteiger partial charge in [0.05, 0.1) is 13.1 Å². The lowest BCUT2D eigenvalue weighted by Gasteiger charge is -2.33. The average molecular weight is 370 g/mol. The Hall–Kier alpha value is -2.50. The molecule has 1 amide bonds. The number of hydroxylamine groups is 2. The zero-order valence-corrected chi connectivity index (χ0v) is 15.3. The van der Waals surface area contributed by atoms with E-state index in [1.54, 1.807) is 0 Å². The smallest absolute Gasteiger partial charge is 0.270 e. The number of nitrogens with zero attached hydrogens (tertiary/aromatic N) is 2. The number of amides is 1. The Bertz CT molecular complexity index is 945. The summed E-state index contributed by atoms with van der Waals surface area (Å²) in [7, 11) is 0. The number of piperazine rings is 1. The number of aromatic amines is 1. The second kappa shape index (κ2) is 7.02. The van der Waals surface area contributed by atoms with Gasteiger partial charge in [-0.1, -0.05) is 23.7 Å². The minimum atomic E-state index is 0.00697. The minimum Gasteiger partial charge on any atom is -0.406 e. The zero-order chi connectivity index (χ0) is 18.1. The number of benzene rings is 2. The first kappa shape index (κ1) is 16.9. The number of halogens is 1. The summed E-state index contributed by atoms with van der Waals surface area (Å²) in [5, 5.41) is 3.52. The van der Waals surface area contributed by atoms with E-state index in [2.05, 4.69) is 4.98 Å². The summed E-state index contributed by atoms with van der Waals surface area (Å²) in [6, 6.07) is 15.4. The molecule has 0 spiro atoms. The van der Waals surface area contributed by atoms with Crippen molar-refractivity contribution in [2.24, 2.45) is 0 Å². The van der Waals surface area contributed by atoms with Crippen LogP contribution in [0.1, 0.15) is 16.1 Å². The fraction of sp³-hybridized carbons (Fsp3) is 0.250. The summed E-state index contributed by atoms with van der Waals surface area (Å²) in [5.41, 5.74) is 2.67. The molecule has 0 radical (unpaired) electrons. The molecule has 0 atom stereocenters. The molecule has 0 unspecified atom stereocenters.